The third-order valence-electron chi connectivity index (χ3n) is 8.90. The molecule has 2 aliphatic carbocycles. The van der Waals surface area contributed by atoms with Crippen molar-refractivity contribution in [2.75, 3.05) is 26.2 Å². The van der Waals surface area contributed by atoms with Gasteiger partial charge >= 0.3 is 5.69 Å². The van der Waals surface area contributed by atoms with Gasteiger partial charge in [0.25, 0.3) is 0 Å². The van der Waals surface area contributed by atoms with Crippen LogP contribution in [0.2, 0.25) is 0 Å². The third-order valence-corrected chi connectivity index (χ3v) is 8.90. The van der Waals surface area contributed by atoms with Gasteiger partial charge in [-0.15, -0.1) is 0 Å². The first-order valence-corrected chi connectivity index (χ1v) is 12.1. The molecule has 0 radical (unpaired) electrons. The maximum atomic E-state index is 13.3. The molecule has 1 aromatic carbocycles. The maximum absolute atomic E-state index is 13.3. The van der Waals surface area contributed by atoms with Crippen LogP contribution in [0.15, 0.2) is 29.1 Å². The number of fused-ring (bicyclic) bond motifs is 3. The van der Waals surface area contributed by atoms with Crippen LogP contribution in [0.3, 0.4) is 0 Å². The van der Waals surface area contributed by atoms with E-state index in [1.54, 1.807) is 4.57 Å². The first-order chi connectivity index (χ1) is 14.9. The van der Waals surface area contributed by atoms with E-state index in [1.807, 2.05) is 28.8 Å². The van der Waals surface area contributed by atoms with E-state index < -0.39 is 6.10 Å². The molecular weight excluding hydrogens is 390 g/mol. The Morgan fingerprint density at radius 2 is 1.81 bits per heavy atom. The van der Waals surface area contributed by atoms with Gasteiger partial charge in [-0.05, 0) is 67.4 Å². The summed E-state index contributed by atoms with van der Waals surface area (Å²) in [5.41, 5.74) is 2.18. The number of imidazole rings is 1. The van der Waals surface area contributed by atoms with Crippen molar-refractivity contribution >= 4 is 11.0 Å². The molecular formula is C25H37N3O3. The van der Waals surface area contributed by atoms with E-state index in [4.69, 9.17) is 0 Å². The molecule has 6 heteroatoms. The van der Waals surface area contributed by atoms with Gasteiger partial charge in [0.1, 0.15) is 0 Å². The van der Waals surface area contributed by atoms with E-state index >= 15 is 0 Å². The van der Waals surface area contributed by atoms with Crippen LogP contribution < -0.4 is 5.69 Å². The summed E-state index contributed by atoms with van der Waals surface area (Å²) >= 11 is 0. The van der Waals surface area contributed by atoms with Crippen molar-refractivity contribution in [2.45, 2.75) is 64.6 Å². The van der Waals surface area contributed by atoms with Crippen LogP contribution in [-0.4, -0.2) is 56.6 Å². The van der Waals surface area contributed by atoms with Crippen molar-refractivity contribution in [3.05, 3.63) is 34.7 Å². The Morgan fingerprint density at radius 1 is 1.10 bits per heavy atom. The lowest BCUT2D eigenvalue weighted by Crippen LogP contribution is -2.44. The molecule has 2 heterocycles. The molecule has 1 aromatic heterocycles. The molecule has 2 aromatic rings. The molecule has 0 spiro atoms. The predicted molar refractivity (Wildman–Crippen MR) is 122 cm³/mol. The topological polar surface area (TPSA) is 70.6 Å². The molecule has 1 saturated heterocycles. The summed E-state index contributed by atoms with van der Waals surface area (Å²) in [6.45, 7) is 8.05. The minimum absolute atomic E-state index is 0.0682. The van der Waals surface area contributed by atoms with Crippen molar-refractivity contribution in [3.8, 4) is 0 Å². The summed E-state index contributed by atoms with van der Waals surface area (Å²) in [5, 5.41) is 19.2. The van der Waals surface area contributed by atoms with Crippen molar-refractivity contribution in [3.63, 3.8) is 0 Å². The Kier molecular flexibility index (Phi) is 5.51. The molecule has 6 nitrogen and oxygen atoms in total. The monoisotopic (exact) mass is 427 g/mol. The van der Waals surface area contributed by atoms with Crippen LogP contribution in [-0.2, 0) is 6.54 Å². The molecule has 0 amide bonds. The lowest BCUT2D eigenvalue weighted by Gasteiger charge is -2.42. The first kappa shape index (κ1) is 21.2. The molecule has 1 aliphatic heterocycles. The number of hydrogen-bond acceptors (Lipinski definition) is 4. The zero-order valence-corrected chi connectivity index (χ0v) is 18.9. The van der Waals surface area contributed by atoms with Crippen LogP contribution >= 0.6 is 0 Å². The molecule has 5 rings (SSSR count). The smallest absolute Gasteiger partial charge is 0.329 e. The number of nitrogens with zero attached hydrogens (tertiary/aromatic N) is 3. The Bertz CT molecular complexity index is 986. The van der Waals surface area contributed by atoms with Crippen LogP contribution in [0.4, 0.5) is 0 Å². The number of aromatic nitrogens is 2. The fourth-order valence-corrected chi connectivity index (χ4v) is 7.02. The van der Waals surface area contributed by atoms with E-state index in [-0.39, 0.29) is 24.9 Å². The van der Waals surface area contributed by atoms with Crippen molar-refractivity contribution in [1.29, 1.82) is 0 Å². The normalized spacial score (nSPS) is 29.7. The third kappa shape index (κ3) is 3.57. The average molecular weight is 428 g/mol. The van der Waals surface area contributed by atoms with E-state index in [0.717, 1.165) is 54.7 Å². The number of likely N-dealkylation sites (tertiary alicyclic amines) is 1. The molecule has 4 atom stereocenters. The highest BCUT2D eigenvalue weighted by Crippen LogP contribution is 2.59. The molecule has 0 unspecified atom stereocenters. The molecule has 3 fully saturated rings. The lowest BCUT2D eigenvalue weighted by atomic mass is 9.68. The molecule has 2 N–H and O–H groups in total. The minimum Gasteiger partial charge on any atom is -0.394 e. The van der Waals surface area contributed by atoms with Gasteiger partial charge in [-0.1, -0.05) is 26.0 Å². The van der Waals surface area contributed by atoms with Crippen molar-refractivity contribution in [1.82, 2.24) is 14.0 Å². The zero-order chi connectivity index (χ0) is 21.8. The SMILES string of the molecule is CC1(C)[C@@H]2CC[C@H](C2)[C@H]1CN1CCC(n2c(=O)n(C[C@@H](O)CO)c3ccccc32)CC1. The van der Waals surface area contributed by atoms with Gasteiger partial charge in [-0.2, -0.15) is 0 Å². The van der Waals surface area contributed by atoms with Crippen molar-refractivity contribution in [2.24, 2.45) is 23.2 Å². The largest absolute Gasteiger partial charge is 0.394 e. The molecule has 3 aliphatic rings. The Morgan fingerprint density at radius 3 is 2.45 bits per heavy atom. The van der Waals surface area contributed by atoms with Gasteiger partial charge in [0.2, 0.25) is 0 Å². The summed E-state index contributed by atoms with van der Waals surface area (Å²) in [6, 6.07) is 8.02. The predicted octanol–water partition coefficient (Wildman–Crippen LogP) is 2.87. The Hall–Kier alpha value is -1.63. The summed E-state index contributed by atoms with van der Waals surface area (Å²) in [4.78, 5) is 15.9. The number of aliphatic hydroxyl groups is 2. The number of piperidine rings is 1. The number of benzene rings is 1. The quantitative estimate of drug-likeness (QED) is 0.744. The summed E-state index contributed by atoms with van der Waals surface area (Å²) in [7, 11) is 0. The van der Waals surface area contributed by atoms with E-state index in [0.29, 0.717) is 5.41 Å². The average Bonchev–Trinajstić information content (AvgIpc) is 3.42. The maximum Gasteiger partial charge on any atom is 0.329 e. The van der Waals surface area contributed by atoms with Gasteiger partial charge < -0.3 is 15.1 Å². The highest BCUT2D eigenvalue weighted by atomic mass is 16.3. The first-order valence-electron chi connectivity index (χ1n) is 12.1. The van der Waals surface area contributed by atoms with Crippen LogP contribution in [0, 0.1) is 23.2 Å². The van der Waals surface area contributed by atoms with E-state index in [1.165, 1.54) is 25.8 Å². The van der Waals surface area contributed by atoms with E-state index in [9.17, 15) is 15.0 Å². The number of para-hydroxylation sites is 2. The Balaban J connectivity index is 1.32. The highest BCUT2D eigenvalue weighted by Gasteiger charge is 2.52. The summed E-state index contributed by atoms with van der Waals surface area (Å²) in [6.07, 6.45) is 5.32. The second-order valence-electron chi connectivity index (χ2n) is 10.8. The molecule has 170 valence electrons. The molecule has 31 heavy (non-hydrogen) atoms. The lowest BCUT2D eigenvalue weighted by molar-refractivity contribution is 0.0643. The van der Waals surface area contributed by atoms with E-state index in [2.05, 4.69) is 18.7 Å². The fourth-order valence-electron chi connectivity index (χ4n) is 7.02. The Labute approximate surface area is 184 Å². The summed E-state index contributed by atoms with van der Waals surface area (Å²) < 4.78 is 3.57. The minimum atomic E-state index is -0.927. The van der Waals surface area contributed by atoms with Gasteiger partial charge in [-0.25, -0.2) is 4.79 Å². The number of aliphatic hydroxyl groups excluding tert-OH is 2. The molecule has 2 bridgehead atoms. The van der Waals surface area contributed by atoms with Crippen molar-refractivity contribution < 1.29 is 10.2 Å². The van der Waals surface area contributed by atoms with Gasteiger partial charge in [-0.3, -0.25) is 9.13 Å². The zero-order valence-electron chi connectivity index (χ0n) is 18.9. The number of hydrogen-bond donors (Lipinski definition) is 2. The standard InChI is InChI=1S/C25H37N3O3/c1-25(2)18-8-7-17(13-18)21(25)15-26-11-9-19(10-12-26)28-23-6-4-3-5-22(23)27(24(28)31)14-20(30)16-29/h3-6,17-21,29-30H,7-16H2,1-2H3/t17-,18-,20-,21-/m1/s1. The van der Waals surface area contributed by atoms with Crippen LogP contribution in [0.5, 0.6) is 0 Å². The van der Waals surface area contributed by atoms with Gasteiger partial charge in [0.05, 0.1) is 30.3 Å². The number of rotatable bonds is 6. The second-order valence-corrected chi connectivity index (χ2v) is 10.8. The van der Waals surface area contributed by atoms with Crippen LogP contribution in [0.1, 0.15) is 52.0 Å². The highest BCUT2D eigenvalue weighted by molar-refractivity contribution is 5.76. The fraction of sp³-hybridized carbons (Fsp3) is 0.720. The second kappa shape index (κ2) is 8.05. The van der Waals surface area contributed by atoms with Crippen LogP contribution in [0.25, 0.3) is 11.0 Å². The molecule has 2 saturated carbocycles. The van der Waals surface area contributed by atoms with Gasteiger partial charge in [0.15, 0.2) is 0 Å². The van der Waals surface area contributed by atoms with Gasteiger partial charge in [0, 0.05) is 25.7 Å². The summed E-state index contributed by atoms with van der Waals surface area (Å²) in [5.74, 6) is 2.64.